The minimum absolute atomic E-state index is 0.0734. The first-order chi connectivity index (χ1) is 14.5. The van der Waals surface area contributed by atoms with Crippen LogP contribution in [0.2, 0.25) is 0 Å². The van der Waals surface area contributed by atoms with Crippen molar-refractivity contribution >= 4 is 17.5 Å². The summed E-state index contributed by atoms with van der Waals surface area (Å²) in [7, 11) is 0. The molecule has 0 radical (unpaired) electrons. The van der Waals surface area contributed by atoms with Gasteiger partial charge in [-0.15, -0.1) is 0 Å². The van der Waals surface area contributed by atoms with Crippen LogP contribution < -0.4 is 15.4 Å². The summed E-state index contributed by atoms with van der Waals surface area (Å²) >= 11 is 0. The summed E-state index contributed by atoms with van der Waals surface area (Å²) in [4.78, 5) is 25.5. The van der Waals surface area contributed by atoms with E-state index in [0.717, 1.165) is 5.56 Å². The van der Waals surface area contributed by atoms with Gasteiger partial charge in [-0.25, -0.2) is 0 Å². The highest BCUT2D eigenvalue weighted by Crippen LogP contribution is 2.20. The molecule has 154 valence electrons. The van der Waals surface area contributed by atoms with Crippen LogP contribution in [0.15, 0.2) is 84.9 Å². The molecule has 0 saturated carbocycles. The Labute approximate surface area is 172 Å². The van der Waals surface area contributed by atoms with Crippen LogP contribution in [0.3, 0.4) is 0 Å². The van der Waals surface area contributed by atoms with E-state index in [1.807, 2.05) is 30.3 Å². The van der Waals surface area contributed by atoms with Crippen LogP contribution in [0, 0.1) is 0 Å². The molecule has 3 aromatic carbocycles. The van der Waals surface area contributed by atoms with E-state index in [2.05, 4.69) is 15.4 Å². The van der Waals surface area contributed by atoms with E-state index in [-0.39, 0.29) is 23.8 Å². The lowest BCUT2D eigenvalue weighted by Crippen LogP contribution is -2.45. The number of amides is 2. The highest BCUT2D eigenvalue weighted by molar-refractivity contribution is 6.01. The first-order valence-electron chi connectivity index (χ1n) is 9.27. The number of anilines is 1. The van der Waals surface area contributed by atoms with E-state index in [9.17, 15) is 18.4 Å². The van der Waals surface area contributed by atoms with Crippen molar-refractivity contribution in [2.75, 3.05) is 5.32 Å². The number of benzene rings is 3. The second-order valence-electron chi connectivity index (χ2n) is 6.48. The SMILES string of the molecule is O=C(NC(Cc1ccccc1)C(=O)Nc1cccc(OC(F)F)c1)c1ccccc1. The van der Waals surface area contributed by atoms with E-state index in [1.54, 1.807) is 36.4 Å². The normalized spacial score (nSPS) is 11.6. The fourth-order valence-electron chi connectivity index (χ4n) is 2.87. The first-order valence-corrected chi connectivity index (χ1v) is 9.27. The summed E-state index contributed by atoms with van der Waals surface area (Å²) in [5.74, 6) is -0.936. The van der Waals surface area contributed by atoms with Crippen molar-refractivity contribution in [3.8, 4) is 5.75 Å². The molecule has 0 spiro atoms. The Bertz CT molecular complexity index is 982. The van der Waals surface area contributed by atoms with Gasteiger partial charge in [0.2, 0.25) is 5.91 Å². The lowest BCUT2D eigenvalue weighted by molar-refractivity contribution is -0.118. The maximum absolute atomic E-state index is 12.9. The number of carbonyl (C=O) groups is 2. The smallest absolute Gasteiger partial charge is 0.387 e. The van der Waals surface area contributed by atoms with E-state index in [4.69, 9.17) is 0 Å². The number of ether oxygens (including phenoxy) is 1. The van der Waals surface area contributed by atoms with Gasteiger partial charge in [0.25, 0.3) is 5.91 Å². The van der Waals surface area contributed by atoms with Crippen molar-refractivity contribution in [2.45, 2.75) is 19.1 Å². The largest absolute Gasteiger partial charge is 0.435 e. The average molecular weight is 410 g/mol. The molecular weight excluding hydrogens is 390 g/mol. The van der Waals surface area contributed by atoms with Gasteiger partial charge in [-0.2, -0.15) is 8.78 Å². The predicted octanol–water partition coefficient (Wildman–Crippen LogP) is 4.27. The number of nitrogens with one attached hydrogen (secondary N) is 2. The third-order valence-corrected chi connectivity index (χ3v) is 4.27. The number of hydrogen-bond acceptors (Lipinski definition) is 3. The van der Waals surface area contributed by atoms with Crippen LogP contribution in [0.25, 0.3) is 0 Å². The zero-order valence-electron chi connectivity index (χ0n) is 15.9. The fourth-order valence-corrected chi connectivity index (χ4v) is 2.87. The molecule has 0 aliphatic carbocycles. The number of alkyl halides is 2. The van der Waals surface area contributed by atoms with Crippen LogP contribution in [-0.2, 0) is 11.2 Å². The fraction of sp³-hybridized carbons (Fsp3) is 0.130. The molecule has 30 heavy (non-hydrogen) atoms. The molecule has 0 heterocycles. The summed E-state index contributed by atoms with van der Waals surface area (Å²) in [6, 6.07) is 22.6. The average Bonchev–Trinajstić information content (AvgIpc) is 2.74. The van der Waals surface area contributed by atoms with Crippen molar-refractivity contribution in [1.29, 1.82) is 0 Å². The summed E-state index contributed by atoms with van der Waals surface area (Å²) in [6.45, 7) is -2.97. The van der Waals surface area contributed by atoms with Gasteiger partial charge in [0.05, 0.1) is 0 Å². The molecule has 1 unspecified atom stereocenters. The van der Waals surface area contributed by atoms with Gasteiger partial charge in [0.1, 0.15) is 11.8 Å². The molecular formula is C23H20F2N2O3. The topological polar surface area (TPSA) is 67.4 Å². The second kappa shape index (κ2) is 10.2. The van der Waals surface area contributed by atoms with E-state index >= 15 is 0 Å². The van der Waals surface area contributed by atoms with Gasteiger partial charge >= 0.3 is 6.61 Å². The summed E-state index contributed by atoms with van der Waals surface area (Å²) in [5.41, 5.74) is 1.57. The monoisotopic (exact) mass is 410 g/mol. The number of halogens is 2. The molecule has 5 nitrogen and oxygen atoms in total. The van der Waals surface area contributed by atoms with Crippen molar-refractivity contribution in [1.82, 2.24) is 5.32 Å². The summed E-state index contributed by atoms with van der Waals surface area (Å²) in [5, 5.41) is 5.40. The minimum atomic E-state index is -2.97. The van der Waals surface area contributed by atoms with Crippen LogP contribution in [0.1, 0.15) is 15.9 Å². The first kappa shape index (κ1) is 21.0. The lowest BCUT2D eigenvalue weighted by Gasteiger charge is -2.19. The van der Waals surface area contributed by atoms with Crippen LogP contribution >= 0.6 is 0 Å². The molecule has 0 aliphatic rings. The number of hydrogen-bond donors (Lipinski definition) is 2. The third kappa shape index (κ3) is 6.13. The molecule has 7 heteroatoms. The van der Waals surface area contributed by atoms with E-state index in [1.165, 1.54) is 18.2 Å². The second-order valence-corrected chi connectivity index (χ2v) is 6.48. The molecule has 3 aromatic rings. The Morgan fingerprint density at radius 1 is 0.867 bits per heavy atom. The maximum Gasteiger partial charge on any atom is 0.387 e. The molecule has 2 N–H and O–H groups in total. The van der Waals surface area contributed by atoms with E-state index in [0.29, 0.717) is 5.56 Å². The van der Waals surface area contributed by atoms with Crippen molar-refractivity contribution in [3.05, 3.63) is 96.1 Å². The molecule has 0 saturated heterocycles. The zero-order valence-corrected chi connectivity index (χ0v) is 15.9. The minimum Gasteiger partial charge on any atom is -0.435 e. The van der Waals surface area contributed by atoms with Gasteiger partial charge in [0, 0.05) is 23.7 Å². The molecule has 0 aromatic heterocycles. The molecule has 0 bridgehead atoms. The van der Waals surface area contributed by atoms with Crippen LogP contribution in [0.5, 0.6) is 5.75 Å². The number of carbonyl (C=O) groups excluding carboxylic acids is 2. The molecule has 0 fully saturated rings. The molecule has 1 atom stereocenters. The zero-order chi connectivity index (χ0) is 21.3. The standard InChI is InChI=1S/C23H20F2N2O3/c24-23(25)30-19-13-7-12-18(15-19)26-22(29)20(14-16-8-3-1-4-9-16)27-21(28)17-10-5-2-6-11-17/h1-13,15,20,23H,14H2,(H,26,29)(H,27,28). The Kier molecular flexibility index (Phi) is 7.10. The third-order valence-electron chi connectivity index (χ3n) is 4.27. The van der Waals surface area contributed by atoms with Gasteiger partial charge < -0.3 is 15.4 Å². The van der Waals surface area contributed by atoms with E-state index < -0.39 is 18.6 Å². The Hall–Kier alpha value is -3.74. The summed E-state index contributed by atoms with van der Waals surface area (Å²) < 4.78 is 29.2. The van der Waals surface area contributed by atoms with Gasteiger partial charge in [-0.3, -0.25) is 9.59 Å². The Balaban J connectivity index is 1.76. The Morgan fingerprint density at radius 2 is 1.53 bits per heavy atom. The molecule has 0 aliphatic heterocycles. The predicted molar refractivity (Wildman–Crippen MR) is 110 cm³/mol. The lowest BCUT2D eigenvalue weighted by atomic mass is 10.0. The Morgan fingerprint density at radius 3 is 2.20 bits per heavy atom. The van der Waals surface area contributed by atoms with Gasteiger partial charge in [0.15, 0.2) is 0 Å². The van der Waals surface area contributed by atoms with Gasteiger partial charge in [-0.05, 0) is 29.8 Å². The summed E-state index contributed by atoms with van der Waals surface area (Å²) in [6.07, 6.45) is 0.262. The molecule has 3 rings (SSSR count). The van der Waals surface area contributed by atoms with Crippen molar-refractivity contribution < 1.29 is 23.1 Å². The van der Waals surface area contributed by atoms with Gasteiger partial charge in [-0.1, -0.05) is 54.6 Å². The van der Waals surface area contributed by atoms with Crippen molar-refractivity contribution in [2.24, 2.45) is 0 Å². The maximum atomic E-state index is 12.9. The molecule has 2 amide bonds. The van der Waals surface area contributed by atoms with Crippen LogP contribution in [0.4, 0.5) is 14.5 Å². The van der Waals surface area contributed by atoms with Crippen LogP contribution in [-0.4, -0.2) is 24.5 Å². The van der Waals surface area contributed by atoms with Crippen molar-refractivity contribution in [3.63, 3.8) is 0 Å². The highest BCUT2D eigenvalue weighted by Gasteiger charge is 2.22. The highest BCUT2D eigenvalue weighted by atomic mass is 19.3. The quantitative estimate of drug-likeness (QED) is 0.583. The number of rotatable bonds is 8.